The number of aromatic nitrogens is 1. The van der Waals surface area contributed by atoms with Crippen molar-refractivity contribution in [3.05, 3.63) is 70.7 Å². The van der Waals surface area contributed by atoms with E-state index in [1.807, 2.05) is 30.0 Å². The highest BCUT2D eigenvalue weighted by Gasteiger charge is 2.37. The summed E-state index contributed by atoms with van der Waals surface area (Å²) < 4.78 is 46.1. The summed E-state index contributed by atoms with van der Waals surface area (Å²) in [5, 5.41) is 21.7. The lowest BCUT2D eigenvalue weighted by atomic mass is 9.71. The molecular formula is C30H31F3N2O4. The Morgan fingerprint density at radius 2 is 1.87 bits per heavy atom. The van der Waals surface area contributed by atoms with Crippen LogP contribution in [0.5, 0.6) is 5.75 Å². The second kappa shape index (κ2) is 12.1. The number of carbonyl (C=O) groups is 1. The summed E-state index contributed by atoms with van der Waals surface area (Å²) in [6.07, 6.45) is 2.96. The van der Waals surface area contributed by atoms with Crippen LogP contribution < -0.4 is 4.74 Å². The fourth-order valence-corrected chi connectivity index (χ4v) is 5.37. The molecule has 1 aliphatic heterocycles. The van der Waals surface area contributed by atoms with Gasteiger partial charge in [-0.1, -0.05) is 11.8 Å². The number of carboxylic acids is 1. The van der Waals surface area contributed by atoms with Crippen LogP contribution in [-0.4, -0.2) is 52.8 Å². The van der Waals surface area contributed by atoms with Crippen LogP contribution in [0.1, 0.15) is 54.9 Å². The Kier molecular flexibility index (Phi) is 8.78. The molecule has 1 saturated heterocycles. The zero-order valence-corrected chi connectivity index (χ0v) is 21.9. The fourth-order valence-electron chi connectivity index (χ4n) is 5.37. The van der Waals surface area contributed by atoms with Crippen LogP contribution in [0, 0.1) is 41.6 Å². The van der Waals surface area contributed by atoms with E-state index in [-0.39, 0.29) is 13.0 Å². The number of benzene rings is 2. The Bertz CT molecular complexity index is 1400. The normalized spacial score (nSPS) is 15.9. The molecule has 0 radical (unpaired) electrons. The van der Waals surface area contributed by atoms with Crippen molar-refractivity contribution in [1.29, 1.82) is 0 Å². The van der Waals surface area contributed by atoms with E-state index in [4.69, 9.17) is 4.74 Å². The number of halogens is 3. The Morgan fingerprint density at radius 1 is 1.18 bits per heavy atom. The molecule has 0 amide bonds. The topological polar surface area (TPSA) is 82.9 Å². The van der Waals surface area contributed by atoms with Gasteiger partial charge in [0, 0.05) is 23.7 Å². The molecule has 1 atom stereocenters. The van der Waals surface area contributed by atoms with Crippen molar-refractivity contribution < 1.29 is 32.9 Å². The van der Waals surface area contributed by atoms with Gasteiger partial charge in [0.2, 0.25) is 0 Å². The SMILES string of the molecule is COc1ccc2ncc(C)c([C@@H](O)CCC3(CC(=O)O)CCN(CC#Cc4c(F)cc(F)cc4F)CC3)c2c1. The monoisotopic (exact) mass is 540 g/mol. The van der Waals surface area contributed by atoms with Gasteiger partial charge in [-0.2, -0.15) is 0 Å². The van der Waals surface area contributed by atoms with Gasteiger partial charge in [-0.15, -0.1) is 0 Å². The second-order valence-corrected chi connectivity index (χ2v) is 10.2. The minimum absolute atomic E-state index is 0.0187. The number of aryl methyl sites for hydroxylation is 1. The molecule has 0 spiro atoms. The molecule has 0 aliphatic carbocycles. The van der Waals surface area contributed by atoms with Crippen molar-refractivity contribution in [2.45, 2.75) is 45.1 Å². The van der Waals surface area contributed by atoms with E-state index in [0.29, 0.717) is 56.7 Å². The summed E-state index contributed by atoms with van der Waals surface area (Å²) in [6, 6.07) is 6.69. The van der Waals surface area contributed by atoms with Crippen LogP contribution in [0.25, 0.3) is 10.9 Å². The molecular weight excluding hydrogens is 509 g/mol. The maximum absolute atomic E-state index is 13.8. The Hall–Kier alpha value is -3.61. The van der Waals surface area contributed by atoms with E-state index in [9.17, 15) is 28.2 Å². The van der Waals surface area contributed by atoms with Gasteiger partial charge in [-0.3, -0.25) is 14.7 Å². The summed E-state index contributed by atoms with van der Waals surface area (Å²) in [7, 11) is 1.58. The van der Waals surface area contributed by atoms with Crippen LogP contribution in [0.15, 0.2) is 36.5 Å². The quantitative estimate of drug-likeness (QED) is 0.373. The smallest absolute Gasteiger partial charge is 0.303 e. The highest BCUT2D eigenvalue weighted by atomic mass is 19.1. The van der Waals surface area contributed by atoms with Crippen LogP contribution in [0.4, 0.5) is 13.2 Å². The van der Waals surface area contributed by atoms with Crippen LogP contribution >= 0.6 is 0 Å². The number of nitrogens with zero attached hydrogens (tertiary/aromatic N) is 2. The zero-order chi connectivity index (χ0) is 28.2. The van der Waals surface area contributed by atoms with Gasteiger partial charge in [0.15, 0.2) is 0 Å². The summed E-state index contributed by atoms with van der Waals surface area (Å²) in [4.78, 5) is 18.2. The number of piperidine rings is 1. The van der Waals surface area contributed by atoms with Crippen LogP contribution in [0.2, 0.25) is 0 Å². The van der Waals surface area contributed by atoms with Crippen molar-refractivity contribution in [1.82, 2.24) is 9.88 Å². The first-order chi connectivity index (χ1) is 18.6. The maximum atomic E-state index is 13.8. The summed E-state index contributed by atoms with van der Waals surface area (Å²) >= 11 is 0. The van der Waals surface area contributed by atoms with Crippen molar-refractivity contribution in [2.24, 2.45) is 5.41 Å². The molecule has 2 aromatic carbocycles. The number of likely N-dealkylation sites (tertiary alicyclic amines) is 1. The van der Waals surface area contributed by atoms with Crippen molar-refractivity contribution in [2.75, 3.05) is 26.7 Å². The lowest BCUT2D eigenvalue weighted by molar-refractivity contribution is -0.141. The molecule has 6 nitrogen and oxygen atoms in total. The first kappa shape index (κ1) is 28.4. The summed E-state index contributed by atoms with van der Waals surface area (Å²) in [5.41, 5.74) is 1.38. The predicted octanol–water partition coefficient (Wildman–Crippen LogP) is 5.39. The van der Waals surface area contributed by atoms with E-state index >= 15 is 0 Å². The first-order valence-corrected chi connectivity index (χ1v) is 12.8. The van der Waals surface area contributed by atoms with Crippen LogP contribution in [0.3, 0.4) is 0 Å². The molecule has 0 saturated carbocycles. The number of carboxylic acid groups (broad SMARTS) is 1. The predicted molar refractivity (Wildman–Crippen MR) is 141 cm³/mol. The van der Waals surface area contributed by atoms with Gasteiger partial charge in [0.05, 0.1) is 37.3 Å². The number of fused-ring (bicyclic) bond motifs is 1. The fraction of sp³-hybridized carbons (Fsp3) is 0.400. The Balaban J connectivity index is 1.44. The molecule has 206 valence electrons. The lowest BCUT2D eigenvalue weighted by Crippen LogP contribution is -2.41. The number of hydrogen-bond acceptors (Lipinski definition) is 5. The lowest BCUT2D eigenvalue weighted by Gasteiger charge is -2.41. The number of aliphatic carboxylic acids is 1. The van der Waals surface area contributed by atoms with Gasteiger partial charge in [-0.25, -0.2) is 13.2 Å². The van der Waals surface area contributed by atoms with Gasteiger partial charge in [0.1, 0.15) is 23.2 Å². The molecule has 2 N–H and O–H groups in total. The van der Waals surface area contributed by atoms with Crippen molar-refractivity contribution in [3.63, 3.8) is 0 Å². The molecule has 2 heterocycles. The number of aliphatic hydroxyl groups is 1. The van der Waals surface area contributed by atoms with E-state index in [0.717, 1.165) is 22.0 Å². The average molecular weight is 541 g/mol. The minimum Gasteiger partial charge on any atom is -0.497 e. The van der Waals surface area contributed by atoms with Gasteiger partial charge < -0.3 is 14.9 Å². The third-order valence-corrected chi connectivity index (χ3v) is 7.56. The molecule has 1 aromatic heterocycles. The molecule has 1 fully saturated rings. The third kappa shape index (κ3) is 6.70. The molecule has 1 aliphatic rings. The number of aliphatic hydroxyl groups excluding tert-OH is 1. The highest BCUT2D eigenvalue weighted by Crippen LogP contribution is 2.42. The number of ether oxygens (including phenoxy) is 1. The number of rotatable bonds is 8. The van der Waals surface area contributed by atoms with Gasteiger partial charge in [-0.05, 0) is 80.4 Å². The van der Waals surface area contributed by atoms with Crippen LogP contribution in [-0.2, 0) is 4.79 Å². The molecule has 0 bridgehead atoms. The molecule has 39 heavy (non-hydrogen) atoms. The standard InChI is InChI=1S/C30H31F3N2O4/c1-19-18-34-26-6-5-21(39-2)16-23(26)29(19)27(36)7-8-30(17-28(37)38)9-12-35(13-10-30)11-3-4-22-24(32)14-20(31)15-25(22)33/h5-6,14-16,18,27,36H,7-13,17H2,1-2H3,(H,37,38)/t27-/m0/s1. The third-order valence-electron chi connectivity index (χ3n) is 7.56. The van der Waals surface area contributed by atoms with E-state index in [1.165, 1.54) is 0 Å². The molecule has 3 aromatic rings. The first-order valence-electron chi connectivity index (χ1n) is 12.8. The Morgan fingerprint density at radius 3 is 2.51 bits per heavy atom. The number of methoxy groups -OCH3 is 1. The minimum atomic E-state index is -1.05. The van der Waals surface area contributed by atoms with E-state index in [2.05, 4.69) is 16.8 Å². The van der Waals surface area contributed by atoms with E-state index < -0.39 is 40.5 Å². The summed E-state index contributed by atoms with van der Waals surface area (Å²) in [5.74, 6) is 1.86. The van der Waals surface area contributed by atoms with E-state index in [1.54, 1.807) is 13.3 Å². The van der Waals surface area contributed by atoms with Gasteiger partial charge in [0.25, 0.3) is 0 Å². The summed E-state index contributed by atoms with van der Waals surface area (Å²) in [6.45, 7) is 3.24. The highest BCUT2D eigenvalue weighted by molar-refractivity contribution is 5.84. The second-order valence-electron chi connectivity index (χ2n) is 10.2. The number of hydrogen-bond donors (Lipinski definition) is 2. The average Bonchev–Trinajstić information content (AvgIpc) is 2.89. The number of pyridine rings is 1. The molecule has 0 unspecified atom stereocenters. The van der Waals surface area contributed by atoms with Gasteiger partial charge >= 0.3 is 5.97 Å². The molecule has 9 heteroatoms. The Labute approximate surface area is 225 Å². The van der Waals surface area contributed by atoms with Crippen molar-refractivity contribution in [3.8, 4) is 17.6 Å². The zero-order valence-electron chi connectivity index (χ0n) is 21.9. The molecule has 4 rings (SSSR count). The maximum Gasteiger partial charge on any atom is 0.303 e. The largest absolute Gasteiger partial charge is 0.497 e. The van der Waals surface area contributed by atoms with Crippen molar-refractivity contribution >= 4 is 16.9 Å².